The lowest BCUT2D eigenvalue weighted by atomic mass is 9.90. The van der Waals surface area contributed by atoms with Crippen LogP contribution in [0.15, 0.2) is 48.8 Å². The van der Waals surface area contributed by atoms with Crippen LogP contribution in [-0.4, -0.2) is 36.8 Å². The molecule has 2 aromatic carbocycles. The molecule has 7 heteroatoms. The number of aromatic nitrogens is 2. The Hall–Kier alpha value is -3.48. The van der Waals surface area contributed by atoms with E-state index >= 15 is 0 Å². The number of hydrogen-bond donors (Lipinski definition) is 1. The van der Waals surface area contributed by atoms with Crippen molar-refractivity contribution in [1.29, 1.82) is 0 Å². The van der Waals surface area contributed by atoms with Gasteiger partial charge in [0.2, 0.25) is 5.91 Å². The first kappa shape index (κ1) is 17.9. The smallest absolute Gasteiger partial charge is 0.226 e. The van der Waals surface area contributed by atoms with Crippen molar-refractivity contribution in [2.45, 2.75) is 12.3 Å². The van der Waals surface area contributed by atoms with Crippen LogP contribution in [0.3, 0.4) is 0 Å². The maximum absolute atomic E-state index is 12.4. The van der Waals surface area contributed by atoms with E-state index in [2.05, 4.69) is 10.3 Å². The fourth-order valence-electron chi connectivity index (χ4n) is 3.49. The van der Waals surface area contributed by atoms with Gasteiger partial charge < -0.3 is 19.5 Å². The van der Waals surface area contributed by atoms with E-state index in [-0.39, 0.29) is 11.8 Å². The van der Waals surface area contributed by atoms with E-state index in [1.54, 1.807) is 33.7 Å². The Bertz CT molecular complexity index is 1010. The average Bonchev–Trinajstić information content (AvgIpc) is 3.16. The summed E-state index contributed by atoms with van der Waals surface area (Å²) < 4.78 is 17.8. The molecule has 0 aliphatic carbocycles. The highest BCUT2D eigenvalue weighted by atomic mass is 16.5. The summed E-state index contributed by atoms with van der Waals surface area (Å²) in [7, 11) is 4.83. The minimum Gasteiger partial charge on any atom is -0.497 e. The second-order valence-electron chi connectivity index (χ2n) is 6.46. The molecule has 1 amide bonds. The first-order valence-corrected chi connectivity index (χ1v) is 8.88. The summed E-state index contributed by atoms with van der Waals surface area (Å²) in [5.41, 5.74) is 2.61. The van der Waals surface area contributed by atoms with Crippen molar-refractivity contribution in [2.24, 2.45) is 0 Å². The van der Waals surface area contributed by atoms with Crippen molar-refractivity contribution < 1.29 is 19.0 Å². The number of anilines is 1. The zero-order valence-electron chi connectivity index (χ0n) is 15.9. The molecule has 0 saturated heterocycles. The van der Waals surface area contributed by atoms with Crippen LogP contribution < -0.4 is 19.5 Å². The van der Waals surface area contributed by atoms with E-state index in [9.17, 15) is 4.79 Å². The van der Waals surface area contributed by atoms with Gasteiger partial charge >= 0.3 is 0 Å². The summed E-state index contributed by atoms with van der Waals surface area (Å²) >= 11 is 0. The van der Waals surface area contributed by atoms with Crippen molar-refractivity contribution in [3.8, 4) is 22.9 Å². The minimum absolute atomic E-state index is 0.0532. The van der Waals surface area contributed by atoms with E-state index in [1.807, 2.05) is 41.0 Å². The number of nitrogens with one attached hydrogen (secondary N) is 1. The Kier molecular flexibility index (Phi) is 4.65. The Morgan fingerprint density at radius 2 is 1.71 bits per heavy atom. The average molecular weight is 379 g/mol. The van der Waals surface area contributed by atoms with E-state index in [0.717, 1.165) is 22.7 Å². The molecule has 144 valence electrons. The molecule has 1 aliphatic heterocycles. The van der Waals surface area contributed by atoms with Gasteiger partial charge in [0.15, 0.2) is 0 Å². The van der Waals surface area contributed by atoms with Crippen LogP contribution in [0.4, 0.5) is 5.82 Å². The van der Waals surface area contributed by atoms with Crippen LogP contribution in [0.2, 0.25) is 0 Å². The maximum Gasteiger partial charge on any atom is 0.226 e. The predicted octanol–water partition coefficient (Wildman–Crippen LogP) is 3.37. The van der Waals surface area contributed by atoms with Gasteiger partial charge in [-0.2, -0.15) is 0 Å². The molecule has 0 bridgehead atoms. The summed E-state index contributed by atoms with van der Waals surface area (Å²) in [5.74, 6) is 2.57. The maximum atomic E-state index is 12.4. The summed E-state index contributed by atoms with van der Waals surface area (Å²) in [6, 6.07) is 13.2. The predicted molar refractivity (Wildman–Crippen MR) is 105 cm³/mol. The van der Waals surface area contributed by atoms with Gasteiger partial charge in [0.05, 0.1) is 32.7 Å². The molecular weight excluding hydrogens is 358 g/mol. The molecule has 1 N–H and O–H groups in total. The second kappa shape index (κ2) is 7.26. The SMILES string of the molecule is COc1ccc([C@H]2CC(=O)Nc3c2ncn3-c2ccc(OC)cc2OC)cc1. The van der Waals surface area contributed by atoms with Gasteiger partial charge in [-0.1, -0.05) is 12.1 Å². The lowest BCUT2D eigenvalue weighted by Crippen LogP contribution is -2.25. The lowest BCUT2D eigenvalue weighted by Gasteiger charge is -2.24. The molecule has 1 aromatic heterocycles. The fraction of sp³-hybridized carbons (Fsp3) is 0.238. The number of hydrogen-bond acceptors (Lipinski definition) is 5. The molecule has 3 aromatic rings. The van der Waals surface area contributed by atoms with Gasteiger partial charge in [-0.25, -0.2) is 4.98 Å². The molecule has 1 atom stereocenters. The van der Waals surface area contributed by atoms with Crippen LogP contribution in [-0.2, 0) is 4.79 Å². The molecule has 0 unspecified atom stereocenters. The number of imidazole rings is 1. The number of amides is 1. The largest absolute Gasteiger partial charge is 0.497 e. The summed E-state index contributed by atoms with van der Waals surface area (Å²) in [6.07, 6.45) is 2.05. The number of rotatable bonds is 5. The van der Waals surface area contributed by atoms with Crippen LogP contribution in [0, 0.1) is 0 Å². The van der Waals surface area contributed by atoms with Gasteiger partial charge in [-0.15, -0.1) is 0 Å². The zero-order chi connectivity index (χ0) is 19.7. The second-order valence-corrected chi connectivity index (χ2v) is 6.46. The van der Waals surface area contributed by atoms with E-state index in [0.29, 0.717) is 23.7 Å². The van der Waals surface area contributed by atoms with Crippen molar-refractivity contribution in [3.05, 3.63) is 60.0 Å². The van der Waals surface area contributed by atoms with Gasteiger partial charge in [0.25, 0.3) is 0 Å². The highest BCUT2D eigenvalue weighted by Crippen LogP contribution is 2.39. The minimum atomic E-state index is -0.125. The zero-order valence-corrected chi connectivity index (χ0v) is 15.9. The van der Waals surface area contributed by atoms with Crippen molar-refractivity contribution in [2.75, 3.05) is 26.6 Å². The number of fused-ring (bicyclic) bond motifs is 1. The van der Waals surface area contributed by atoms with Crippen LogP contribution >= 0.6 is 0 Å². The van der Waals surface area contributed by atoms with Crippen molar-refractivity contribution in [1.82, 2.24) is 9.55 Å². The molecular formula is C21H21N3O4. The Morgan fingerprint density at radius 3 is 2.39 bits per heavy atom. The van der Waals surface area contributed by atoms with Gasteiger partial charge in [0.1, 0.15) is 29.4 Å². The number of carbonyl (C=O) groups is 1. The molecule has 2 heterocycles. The number of nitrogens with zero attached hydrogens (tertiary/aromatic N) is 2. The fourth-order valence-corrected chi connectivity index (χ4v) is 3.49. The van der Waals surface area contributed by atoms with Gasteiger partial charge in [-0.3, -0.25) is 9.36 Å². The summed E-state index contributed by atoms with van der Waals surface area (Å²) in [4.78, 5) is 17.1. The molecule has 0 saturated carbocycles. The molecule has 28 heavy (non-hydrogen) atoms. The van der Waals surface area contributed by atoms with Crippen LogP contribution in [0.5, 0.6) is 17.2 Å². The Balaban J connectivity index is 1.78. The van der Waals surface area contributed by atoms with Crippen LogP contribution in [0.25, 0.3) is 5.69 Å². The quantitative estimate of drug-likeness (QED) is 0.736. The van der Waals surface area contributed by atoms with Crippen LogP contribution in [0.1, 0.15) is 23.6 Å². The number of methoxy groups -OCH3 is 3. The normalized spacial score (nSPS) is 15.5. The number of ether oxygens (including phenoxy) is 3. The third-order valence-electron chi connectivity index (χ3n) is 4.94. The monoisotopic (exact) mass is 379 g/mol. The first-order valence-electron chi connectivity index (χ1n) is 8.88. The summed E-state index contributed by atoms with van der Waals surface area (Å²) in [5, 5.41) is 2.96. The topological polar surface area (TPSA) is 74.6 Å². The van der Waals surface area contributed by atoms with Crippen molar-refractivity contribution in [3.63, 3.8) is 0 Å². The third kappa shape index (κ3) is 3.05. The van der Waals surface area contributed by atoms with E-state index < -0.39 is 0 Å². The van der Waals surface area contributed by atoms with Gasteiger partial charge in [-0.05, 0) is 29.8 Å². The van der Waals surface area contributed by atoms with Gasteiger partial charge in [0, 0.05) is 18.4 Å². The van der Waals surface area contributed by atoms with Crippen molar-refractivity contribution >= 4 is 11.7 Å². The first-order chi connectivity index (χ1) is 13.6. The highest BCUT2D eigenvalue weighted by Gasteiger charge is 2.31. The molecule has 0 radical (unpaired) electrons. The molecule has 0 spiro atoms. The number of benzene rings is 2. The Morgan fingerprint density at radius 1 is 1.00 bits per heavy atom. The third-order valence-corrected chi connectivity index (χ3v) is 4.94. The highest BCUT2D eigenvalue weighted by molar-refractivity contribution is 5.94. The molecule has 7 nitrogen and oxygen atoms in total. The lowest BCUT2D eigenvalue weighted by molar-refractivity contribution is -0.116. The van der Waals surface area contributed by atoms with E-state index in [1.165, 1.54) is 0 Å². The van der Waals surface area contributed by atoms with E-state index in [4.69, 9.17) is 14.2 Å². The standard InChI is InChI=1S/C21H21N3O4/c1-26-14-6-4-13(5-7-14)16-11-19(25)23-21-20(16)22-12-24(21)17-9-8-15(27-2)10-18(17)28-3/h4-10,12,16H,11H2,1-3H3,(H,23,25)/t16-/m1/s1. The number of carbonyl (C=O) groups excluding carboxylic acids is 1. The summed E-state index contributed by atoms with van der Waals surface area (Å²) in [6.45, 7) is 0. The molecule has 0 fully saturated rings. The Labute approximate surface area is 162 Å². The molecule has 4 rings (SSSR count). The molecule has 1 aliphatic rings.